The second-order valence-electron chi connectivity index (χ2n) is 3.84. The molecule has 3 N–H and O–H groups in total. The second kappa shape index (κ2) is 5.52. The van der Waals surface area contributed by atoms with Gasteiger partial charge in [-0.1, -0.05) is 0 Å². The zero-order valence-electron chi connectivity index (χ0n) is 10.3. The van der Waals surface area contributed by atoms with Crippen LogP contribution in [0.25, 0.3) is 0 Å². The highest BCUT2D eigenvalue weighted by molar-refractivity contribution is 5.30. The summed E-state index contributed by atoms with van der Waals surface area (Å²) in [6, 6.07) is 1.60. The lowest BCUT2D eigenvalue weighted by Crippen LogP contribution is -2.29. The summed E-state index contributed by atoms with van der Waals surface area (Å²) in [5.74, 6) is 6.25. The standard InChI is InChI=1S/C12H15N5O/c1-8-4-16-11(7-15-8)12(17-13)9-3-10(18-2)6-14-5-9/h3-7,12,17H,13H2,1-2H3. The van der Waals surface area contributed by atoms with Crippen molar-refractivity contribution in [2.75, 3.05) is 7.11 Å². The van der Waals surface area contributed by atoms with Crippen LogP contribution in [-0.4, -0.2) is 22.1 Å². The first-order valence-electron chi connectivity index (χ1n) is 5.48. The first-order valence-corrected chi connectivity index (χ1v) is 5.48. The number of hydrogen-bond acceptors (Lipinski definition) is 6. The number of nitrogens with two attached hydrogens (primary N) is 1. The van der Waals surface area contributed by atoms with Gasteiger partial charge >= 0.3 is 0 Å². The molecule has 0 aliphatic carbocycles. The fraction of sp³-hybridized carbons (Fsp3) is 0.250. The zero-order valence-corrected chi connectivity index (χ0v) is 10.3. The molecule has 1 atom stereocenters. The van der Waals surface area contributed by atoms with E-state index in [-0.39, 0.29) is 6.04 Å². The highest BCUT2D eigenvalue weighted by Crippen LogP contribution is 2.21. The fourth-order valence-corrected chi connectivity index (χ4v) is 1.61. The molecule has 0 amide bonds. The van der Waals surface area contributed by atoms with Crippen LogP contribution in [0.2, 0.25) is 0 Å². The maximum Gasteiger partial charge on any atom is 0.137 e. The van der Waals surface area contributed by atoms with E-state index in [0.717, 1.165) is 17.0 Å². The fourth-order valence-electron chi connectivity index (χ4n) is 1.61. The lowest BCUT2D eigenvalue weighted by Gasteiger charge is -2.15. The minimum Gasteiger partial charge on any atom is -0.495 e. The maximum atomic E-state index is 5.58. The quantitative estimate of drug-likeness (QED) is 0.610. The summed E-state index contributed by atoms with van der Waals surface area (Å²) >= 11 is 0. The van der Waals surface area contributed by atoms with Gasteiger partial charge in [-0.05, 0) is 18.6 Å². The Morgan fingerprint density at radius 3 is 2.67 bits per heavy atom. The monoisotopic (exact) mass is 245 g/mol. The Kier molecular flexibility index (Phi) is 3.81. The van der Waals surface area contributed by atoms with Gasteiger partial charge in [0, 0.05) is 12.4 Å². The Hall–Kier alpha value is -2.05. The molecule has 2 aromatic rings. The van der Waals surface area contributed by atoms with Gasteiger partial charge in [0.2, 0.25) is 0 Å². The summed E-state index contributed by atoms with van der Waals surface area (Å²) < 4.78 is 5.14. The van der Waals surface area contributed by atoms with Gasteiger partial charge in [0.1, 0.15) is 5.75 Å². The number of hydrogen-bond donors (Lipinski definition) is 2. The van der Waals surface area contributed by atoms with Gasteiger partial charge in [-0.15, -0.1) is 0 Å². The Bertz CT molecular complexity index is 514. The molecule has 1 unspecified atom stereocenters. The molecule has 6 heteroatoms. The molecule has 0 saturated heterocycles. The van der Waals surface area contributed by atoms with Crippen LogP contribution in [0.1, 0.15) is 23.0 Å². The average molecular weight is 245 g/mol. The second-order valence-corrected chi connectivity index (χ2v) is 3.84. The van der Waals surface area contributed by atoms with Crippen molar-refractivity contribution in [2.24, 2.45) is 5.84 Å². The minimum atomic E-state index is -0.263. The van der Waals surface area contributed by atoms with Crippen molar-refractivity contribution < 1.29 is 4.74 Å². The van der Waals surface area contributed by atoms with Gasteiger partial charge in [0.25, 0.3) is 0 Å². The van der Waals surface area contributed by atoms with E-state index < -0.39 is 0 Å². The van der Waals surface area contributed by atoms with Crippen LogP contribution in [-0.2, 0) is 0 Å². The molecule has 6 nitrogen and oxygen atoms in total. The molecule has 94 valence electrons. The Labute approximate surface area is 105 Å². The minimum absolute atomic E-state index is 0.263. The molecule has 0 saturated carbocycles. The summed E-state index contributed by atoms with van der Waals surface area (Å²) in [6.45, 7) is 1.88. The van der Waals surface area contributed by atoms with Crippen molar-refractivity contribution in [3.8, 4) is 5.75 Å². The first-order chi connectivity index (χ1) is 8.74. The normalized spacial score (nSPS) is 12.2. The van der Waals surface area contributed by atoms with E-state index in [9.17, 15) is 0 Å². The number of nitrogens with zero attached hydrogens (tertiary/aromatic N) is 3. The lowest BCUT2D eigenvalue weighted by molar-refractivity contribution is 0.411. The largest absolute Gasteiger partial charge is 0.495 e. The molecule has 18 heavy (non-hydrogen) atoms. The Morgan fingerprint density at radius 1 is 1.22 bits per heavy atom. The van der Waals surface area contributed by atoms with Crippen LogP contribution < -0.4 is 16.0 Å². The molecule has 0 aliphatic rings. The third-order valence-electron chi connectivity index (χ3n) is 2.57. The van der Waals surface area contributed by atoms with Crippen LogP contribution in [0.4, 0.5) is 0 Å². The molecular formula is C12H15N5O. The average Bonchev–Trinajstić information content (AvgIpc) is 2.42. The molecule has 2 rings (SSSR count). The SMILES string of the molecule is COc1cncc(C(NN)c2cnc(C)cn2)c1. The Morgan fingerprint density at radius 2 is 2.06 bits per heavy atom. The van der Waals surface area contributed by atoms with Crippen molar-refractivity contribution in [3.05, 3.63) is 47.8 Å². The van der Waals surface area contributed by atoms with Crippen LogP contribution in [0, 0.1) is 6.92 Å². The van der Waals surface area contributed by atoms with Crippen LogP contribution in [0.15, 0.2) is 30.9 Å². The molecule has 0 aliphatic heterocycles. The topological polar surface area (TPSA) is 86.0 Å². The number of rotatable bonds is 4. The number of methoxy groups -OCH3 is 1. The number of ether oxygens (including phenoxy) is 1. The molecule has 0 spiro atoms. The summed E-state index contributed by atoms with van der Waals surface area (Å²) in [5, 5.41) is 0. The highest BCUT2D eigenvalue weighted by atomic mass is 16.5. The van der Waals surface area contributed by atoms with Gasteiger partial charge < -0.3 is 4.74 Å². The molecule has 0 aromatic carbocycles. The molecular weight excluding hydrogens is 230 g/mol. The van der Waals surface area contributed by atoms with E-state index in [0.29, 0.717) is 5.75 Å². The van der Waals surface area contributed by atoms with Gasteiger partial charge in [-0.2, -0.15) is 0 Å². The first kappa shape index (κ1) is 12.4. The molecule has 2 aromatic heterocycles. The number of nitrogens with one attached hydrogen (secondary N) is 1. The van der Waals surface area contributed by atoms with E-state index >= 15 is 0 Å². The van der Waals surface area contributed by atoms with Crippen molar-refractivity contribution >= 4 is 0 Å². The van der Waals surface area contributed by atoms with Crippen LogP contribution in [0.5, 0.6) is 5.75 Å². The summed E-state index contributed by atoms with van der Waals surface area (Å²) in [6.07, 6.45) is 6.75. The molecule has 2 heterocycles. The maximum absolute atomic E-state index is 5.58. The smallest absolute Gasteiger partial charge is 0.137 e. The number of aromatic nitrogens is 3. The predicted octanol–water partition coefficient (Wildman–Crippen LogP) is 0.741. The van der Waals surface area contributed by atoms with Crippen LogP contribution >= 0.6 is 0 Å². The third kappa shape index (κ3) is 2.61. The van der Waals surface area contributed by atoms with Crippen molar-refractivity contribution in [3.63, 3.8) is 0 Å². The van der Waals surface area contributed by atoms with E-state index in [2.05, 4.69) is 20.4 Å². The van der Waals surface area contributed by atoms with Gasteiger partial charge in [-0.3, -0.25) is 20.8 Å². The van der Waals surface area contributed by atoms with E-state index in [1.807, 2.05) is 13.0 Å². The van der Waals surface area contributed by atoms with Crippen LogP contribution in [0.3, 0.4) is 0 Å². The number of pyridine rings is 1. The van der Waals surface area contributed by atoms with E-state index in [1.54, 1.807) is 31.9 Å². The zero-order chi connectivity index (χ0) is 13.0. The summed E-state index contributed by atoms with van der Waals surface area (Å²) in [7, 11) is 1.59. The van der Waals surface area contributed by atoms with Gasteiger partial charge in [0.15, 0.2) is 0 Å². The summed E-state index contributed by atoms with van der Waals surface area (Å²) in [4.78, 5) is 12.6. The van der Waals surface area contributed by atoms with Crippen molar-refractivity contribution in [2.45, 2.75) is 13.0 Å². The number of aryl methyl sites for hydroxylation is 1. The highest BCUT2D eigenvalue weighted by Gasteiger charge is 2.15. The predicted molar refractivity (Wildman–Crippen MR) is 66.7 cm³/mol. The lowest BCUT2D eigenvalue weighted by atomic mass is 10.1. The molecule has 0 radical (unpaired) electrons. The van der Waals surface area contributed by atoms with Crippen molar-refractivity contribution in [1.82, 2.24) is 20.4 Å². The van der Waals surface area contributed by atoms with Crippen molar-refractivity contribution in [1.29, 1.82) is 0 Å². The molecule has 0 bridgehead atoms. The van der Waals surface area contributed by atoms with Gasteiger partial charge in [-0.25, -0.2) is 5.43 Å². The van der Waals surface area contributed by atoms with E-state index in [1.165, 1.54) is 0 Å². The summed E-state index contributed by atoms with van der Waals surface area (Å²) in [5.41, 5.74) is 5.17. The molecule has 0 fully saturated rings. The van der Waals surface area contributed by atoms with E-state index in [4.69, 9.17) is 10.6 Å². The van der Waals surface area contributed by atoms with Gasteiger partial charge in [0.05, 0.1) is 36.9 Å². The third-order valence-corrected chi connectivity index (χ3v) is 2.57. The number of hydrazine groups is 1. The Balaban J connectivity index is 2.35.